The molecule has 3 saturated carbocycles. The van der Waals surface area contributed by atoms with Crippen LogP contribution in [-0.2, 0) is 33.9 Å². The highest BCUT2D eigenvalue weighted by molar-refractivity contribution is 9.10. The van der Waals surface area contributed by atoms with Crippen LogP contribution in [-0.4, -0.2) is 210 Å². The molecule has 3 aliphatic carbocycles. The maximum atomic E-state index is 14.1. The number of anilines is 3. The molecule has 0 radical (unpaired) electrons. The monoisotopic (exact) mass is 1880 g/mol. The second-order valence-electron chi connectivity index (χ2n) is 35.4. The fourth-order valence-electron chi connectivity index (χ4n) is 18.4. The van der Waals surface area contributed by atoms with Gasteiger partial charge in [-0.15, -0.1) is 0 Å². The standard InChI is InChI=1S/2C30H27FN8O2.C25H21BrFN7O.C12H13NO3S/c1-33-30(5-6-30)18-41-24-9-25(28-21(10-32)13-36-39(28)17-24)20-3-4-27(34-12-20)37-15-22-8-23(16-37)38(22)14-19-7-26(31)29(40-2)35-11-19;1-40-29-26(31)6-19(10-35-29)13-38-22-7-23(38)15-37(14-22)27-3-2-20(11-34-27)25-8-24(41-18-30(17-33)4-5-30)16-39-28(25)21(9-32)12-36-39;1-35-25-22(27)4-15(8-30-25)11-33-19-6-20(33)14-32(13-19)23-3-2-16(9-29-23)21-5-18(26)12-34-24(21)17(7-28)10-31-34;1-10-3-5-11(6-4-10)17(14,15)16-9-12(13-2)7-8-12/h3-4,7,9,11-13,17,22-23H,5-6,8,14-16,18H2,2H3;2-3,6,8,10-12,16,22-23H,4-5,7,13-15,18H2,1H3;2-5,8-10,12,19-20H,6,11,13-14H2,1H3;3-6H,7-9H2,1H3. The van der Waals surface area contributed by atoms with Gasteiger partial charge in [0.05, 0.1) is 102 Å². The molecule has 9 aliphatic heterocycles. The Labute approximate surface area is 778 Å². The SMILES string of the molecule is COc1ncc(CN2C3CC2CN(c2ccc(-c4cc(Br)cn5ncc(C#N)c45)cn2)C3)cc1F.COc1ncc(CN2C3CC2CN(c2ccc(-c4cc(OCC5(C#N)CC5)cn5ncc(C#N)c45)cn2)C3)cc1F.[C-]#[N+]C1(COS(=O)(=O)c2ccc(C)cc2)CC1.[C-]#[N+]C1(COc2cc(-c3ccc(N4CC5CC(C4)N5Cc4cnc(OC)c(F)c4)nc3)c3c(C#N)cnn3c2)CC1. The van der Waals surface area contributed by atoms with Crippen LogP contribution in [0.5, 0.6) is 29.1 Å². The fraction of sp³-hybridized carbons (Fsp3) is 0.351. The molecule has 6 atom stereocenters. The van der Waals surface area contributed by atoms with E-state index in [0.29, 0.717) is 108 Å². The van der Waals surface area contributed by atoms with Gasteiger partial charge in [-0.1, -0.05) is 17.7 Å². The number of piperazine rings is 3. The molecule has 1 aromatic carbocycles. The van der Waals surface area contributed by atoms with E-state index in [1.54, 1.807) is 75.3 Å². The van der Waals surface area contributed by atoms with Crippen molar-refractivity contribution >= 4 is 60.1 Å². The molecule has 25 rings (SSSR count). The third-order valence-electron chi connectivity index (χ3n) is 26.6. The van der Waals surface area contributed by atoms with Crippen LogP contribution in [0, 0.1) is 88.3 Å². The lowest BCUT2D eigenvalue weighted by Crippen LogP contribution is -2.68. The summed E-state index contributed by atoms with van der Waals surface area (Å²) in [4.78, 5) is 47.9. The minimum absolute atomic E-state index is 0.0148. The third-order valence-corrected chi connectivity index (χ3v) is 28.3. The van der Waals surface area contributed by atoms with Crippen molar-refractivity contribution in [3.05, 3.63) is 255 Å². The van der Waals surface area contributed by atoms with Gasteiger partial charge in [0.1, 0.15) is 60.4 Å². The van der Waals surface area contributed by atoms with Crippen LogP contribution in [0.4, 0.5) is 30.6 Å². The molecular formula is C97H88BrF3N24O8S. The van der Waals surface area contributed by atoms with Crippen molar-refractivity contribution in [3.63, 3.8) is 0 Å². The molecule has 12 aliphatic rings. The summed E-state index contributed by atoms with van der Waals surface area (Å²) in [5, 5.41) is 51.3. The number of fused-ring (bicyclic) bond motifs is 9. The van der Waals surface area contributed by atoms with Crippen molar-refractivity contribution in [1.82, 2.24) is 73.4 Å². The largest absolute Gasteiger partial charge is 0.490 e. The number of piperidine rings is 3. The molecule has 9 saturated heterocycles. The zero-order valence-corrected chi connectivity index (χ0v) is 75.8. The Morgan fingerprint density at radius 3 is 1.13 bits per heavy atom. The number of rotatable bonds is 25. The van der Waals surface area contributed by atoms with Gasteiger partial charge in [-0.25, -0.2) is 69.8 Å². The molecule has 6 unspecified atom stereocenters. The summed E-state index contributed by atoms with van der Waals surface area (Å²) in [7, 11) is 0.518. The number of nitrogens with zero attached hydrogens (tertiary/aromatic N) is 24. The summed E-state index contributed by atoms with van der Waals surface area (Å²) < 4.78 is 104. The van der Waals surface area contributed by atoms with Crippen molar-refractivity contribution in [1.29, 1.82) is 21.0 Å². The number of hydrogen-bond acceptors (Lipinski definition) is 27. The van der Waals surface area contributed by atoms with Crippen LogP contribution in [0.15, 0.2) is 181 Å². The lowest BCUT2D eigenvalue weighted by Gasteiger charge is -2.56. The average molecular weight is 1890 g/mol. The van der Waals surface area contributed by atoms with E-state index in [9.17, 15) is 42.6 Å². The maximum Gasteiger partial charge on any atom is 0.297 e. The summed E-state index contributed by atoms with van der Waals surface area (Å²) in [5.74, 6) is 2.65. The second kappa shape index (κ2) is 36.6. The Balaban J connectivity index is 0.000000119. The average Bonchev–Trinajstić information content (AvgIpc) is 1.57. The molecule has 0 spiro atoms. The highest BCUT2D eigenvalue weighted by Gasteiger charge is 2.54. The van der Waals surface area contributed by atoms with Crippen LogP contribution >= 0.6 is 15.9 Å². The molecule has 134 heavy (non-hydrogen) atoms. The van der Waals surface area contributed by atoms with Gasteiger partial charge in [0, 0.05) is 202 Å². The highest BCUT2D eigenvalue weighted by atomic mass is 79.9. The second-order valence-corrected chi connectivity index (χ2v) is 37.9. The molecule has 37 heteroatoms. The number of aryl methyl sites for hydroxylation is 1. The van der Waals surface area contributed by atoms with Crippen molar-refractivity contribution in [2.45, 2.75) is 137 Å². The number of ether oxygens (including phenoxy) is 5. The van der Waals surface area contributed by atoms with E-state index in [-0.39, 0.29) is 29.1 Å². The molecule has 678 valence electrons. The first-order valence-corrected chi connectivity index (χ1v) is 46.0. The van der Waals surface area contributed by atoms with Gasteiger partial charge in [0.25, 0.3) is 21.2 Å². The number of halogens is 4. The van der Waals surface area contributed by atoms with E-state index < -0.39 is 44.1 Å². The van der Waals surface area contributed by atoms with Crippen LogP contribution in [0.3, 0.4) is 0 Å². The van der Waals surface area contributed by atoms with Crippen molar-refractivity contribution in [2.75, 3.05) is 95.1 Å². The predicted octanol–water partition coefficient (Wildman–Crippen LogP) is 14.2. The van der Waals surface area contributed by atoms with Gasteiger partial charge >= 0.3 is 0 Å². The normalized spacial score (nSPS) is 19.9. The van der Waals surface area contributed by atoms with Gasteiger partial charge in [-0.3, -0.25) is 18.9 Å². The molecule has 32 nitrogen and oxygen atoms in total. The van der Waals surface area contributed by atoms with E-state index in [0.717, 1.165) is 180 Å². The lowest BCUT2D eigenvalue weighted by molar-refractivity contribution is -0.00886. The first kappa shape index (κ1) is 88.8. The van der Waals surface area contributed by atoms with Gasteiger partial charge < -0.3 is 48.1 Å². The summed E-state index contributed by atoms with van der Waals surface area (Å²) in [5.41, 5.74) is 10.9. The summed E-state index contributed by atoms with van der Waals surface area (Å²) in [6.07, 6.45) is 28.7. The Hall–Kier alpha value is -14.4. The van der Waals surface area contributed by atoms with E-state index in [1.165, 1.54) is 51.7 Å². The molecule has 0 N–H and O–H groups in total. The summed E-state index contributed by atoms with van der Waals surface area (Å²) >= 11 is 3.53. The maximum absolute atomic E-state index is 14.1. The molecule has 6 bridgehead atoms. The Morgan fingerprint density at radius 2 is 0.813 bits per heavy atom. The predicted molar refractivity (Wildman–Crippen MR) is 489 cm³/mol. The quantitative estimate of drug-likeness (QED) is 0.0379. The van der Waals surface area contributed by atoms with Gasteiger partial charge in [-0.2, -0.15) is 44.8 Å². The molecule has 12 aromatic heterocycles. The molecule has 0 amide bonds. The van der Waals surface area contributed by atoms with Crippen LogP contribution < -0.4 is 38.4 Å². The molecule has 12 fully saturated rings. The summed E-state index contributed by atoms with van der Waals surface area (Å²) in [6, 6.07) is 40.2. The third kappa shape index (κ3) is 18.2. The van der Waals surface area contributed by atoms with Crippen LogP contribution in [0.1, 0.15) is 96.7 Å². The van der Waals surface area contributed by atoms with Crippen molar-refractivity contribution < 1.29 is 49.5 Å². The molecule has 13 aromatic rings. The number of benzene rings is 1. The first-order chi connectivity index (χ1) is 65.0. The van der Waals surface area contributed by atoms with Crippen LogP contribution in [0.2, 0.25) is 0 Å². The van der Waals surface area contributed by atoms with Crippen molar-refractivity contribution in [3.8, 4) is 86.8 Å². The van der Waals surface area contributed by atoms with E-state index in [4.69, 9.17) is 56.0 Å². The number of pyridine rings is 9. The fourth-order valence-corrected chi connectivity index (χ4v) is 19.8. The van der Waals surface area contributed by atoms with Crippen LogP contribution in [0.25, 0.3) is 59.6 Å². The first-order valence-electron chi connectivity index (χ1n) is 43.8. The minimum Gasteiger partial charge on any atom is -0.490 e. The van der Waals surface area contributed by atoms with E-state index in [2.05, 4.69) is 110 Å². The van der Waals surface area contributed by atoms with Gasteiger partial charge in [0.15, 0.2) is 24.1 Å². The Kier molecular flexibility index (Phi) is 24.3. The number of hydrogen-bond donors (Lipinski definition) is 0. The Bertz CT molecular complexity index is 6790. The number of methoxy groups -OCH3 is 3. The van der Waals surface area contributed by atoms with Crippen molar-refractivity contribution in [2.24, 2.45) is 5.41 Å². The number of nitriles is 4. The molecular weight excluding hydrogens is 1800 g/mol. The lowest BCUT2D eigenvalue weighted by atomic mass is 9.87. The topological polar surface area (TPSA) is 342 Å². The van der Waals surface area contributed by atoms with Gasteiger partial charge in [0.2, 0.25) is 17.6 Å². The van der Waals surface area contributed by atoms with E-state index in [1.807, 2.05) is 86.3 Å². The minimum atomic E-state index is -3.72. The zero-order chi connectivity index (χ0) is 92.9. The number of aromatic nitrogens is 12. The van der Waals surface area contributed by atoms with Gasteiger partial charge in [-0.05, 0) is 157 Å². The van der Waals surface area contributed by atoms with E-state index >= 15 is 0 Å². The smallest absolute Gasteiger partial charge is 0.297 e. The Morgan fingerprint density at radius 1 is 0.455 bits per heavy atom. The highest BCUT2D eigenvalue weighted by Crippen LogP contribution is 2.48. The molecule has 21 heterocycles. The summed E-state index contributed by atoms with van der Waals surface area (Å²) in [6.45, 7) is 24.0. The zero-order valence-electron chi connectivity index (χ0n) is 73.4.